The molecule has 0 saturated carbocycles. The molecule has 0 unspecified atom stereocenters. The number of para-hydroxylation sites is 2. The van der Waals surface area contributed by atoms with Crippen LogP contribution in [0.4, 0.5) is 16.5 Å². The van der Waals surface area contributed by atoms with Crippen molar-refractivity contribution in [2.75, 3.05) is 36.7 Å². The maximum Gasteiger partial charge on any atom is 0.234 e. The third kappa shape index (κ3) is 5.14. The molecule has 0 fully saturated rings. The SMILES string of the molecule is COc1ccccc1Nc1nnc(SCC(=O)Nc2ccc3c(c2)OCCCO3)s1. The van der Waals surface area contributed by atoms with Gasteiger partial charge in [-0.25, -0.2) is 0 Å². The van der Waals surface area contributed by atoms with Crippen LogP contribution in [0.5, 0.6) is 17.2 Å². The average molecular weight is 445 g/mol. The lowest BCUT2D eigenvalue weighted by Crippen LogP contribution is -2.14. The van der Waals surface area contributed by atoms with Gasteiger partial charge in [0.2, 0.25) is 11.0 Å². The monoisotopic (exact) mass is 444 g/mol. The number of hydrogen-bond acceptors (Lipinski definition) is 9. The minimum absolute atomic E-state index is 0.135. The number of fused-ring (bicyclic) bond motifs is 1. The minimum Gasteiger partial charge on any atom is -0.495 e. The Morgan fingerprint density at radius 3 is 2.87 bits per heavy atom. The number of thioether (sulfide) groups is 1. The summed E-state index contributed by atoms with van der Waals surface area (Å²) < 4.78 is 17.3. The Kier molecular flexibility index (Phi) is 6.55. The number of aromatic nitrogens is 2. The van der Waals surface area contributed by atoms with Crippen molar-refractivity contribution in [2.24, 2.45) is 0 Å². The van der Waals surface area contributed by atoms with Gasteiger partial charge in [0, 0.05) is 18.2 Å². The molecule has 8 nitrogen and oxygen atoms in total. The normalized spacial score (nSPS) is 12.7. The van der Waals surface area contributed by atoms with Gasteiger partial charge in [0.25, 0.3) is 0 Å². The zero-order valence-electron chi connectivity index (χ0n) is 16.2. The molecule has 1 aliphatic heterocycles. The zero-order chi connectivity index (χ0) is 20.8. The van der Waals surface area contributed by atoms with Crippen LogP contribution in [0.25, 0.3) is 0 Å². The van der Waals surface area contributed by atoms with Crippen molar-refractivity contribution in [3.63, 3.8) is 0 Å². The first-order valence-corrected chi connectivity index (χ1v) is 11.1. The van der Waals surface area contributed by atoms with E-state index in [1.165, 1.54) is 23.1 Å². The van der Waals surface area contributed by atoms with Crippen molar-refractivity contribution in [1.29, 1.82) is 0 Å². The summed E-state index contributed by atoms with van der Waals surface area (Å²) in [4.78, 5) is 12.3. The van der Waals surface area contributed by atoms with Gasteiger partial charge >= 0.3 is 0 Å². The first-order chi connectivity index (χ1) is 14.7. The van der Waals surface area contributed by atoms with Crippen LogP contribution in [0.2, 0.25) is 0 Å². The molecule has 1 amide bonds. The van der Waals surface area contributed by atoms with E-state index in [0.717, 1.165) is 17.9 Å². The van der Waals surface area contributed by atoms with Crippen LogP contribution in [-0.2, 0) is 4.79 Å². The van der Waals surface area contributed by atoms with Gasteiger partial charge in [-0.05, 0) is 24.3 Å². The predicted octanol–water partition coefficient (Wildman–Crippen LogP) is 4.18. The predicted molar refractivity (Wildman–Crippen MR) is 118 cm³/mol. The number of benzene rings is 2. The van der Waals surface area contributed by atoms with Crippen LogP contribution in [0.1, 0.15) is 6.42 Å². The standard InChI is InChI=1S/C20H20N4O4S2/c1-26-15-6-3-2-5-14(15)22-19-23-24-20(30-19)29-12-18(25)21-13-7-8-16-17(11-13)28-10-4-9-27-16/h2-3,5-8,11H,4,9-10,12H2,1H3,(H,21,25)(H,22,23). The van der Waals surface area contributed by atoms with Gasteiger partial charge in [-0.2, -0.15) is 0 Å². The largest absolute Gasteiger partial charge is 0.495 e. The summed E-state index contributed by atoms with van der Waals surface area (Å²) in [5, 5.41) is 14.9. The number of nitrogens with one attached hydrogen (secondary N) is 2. The quantitative estimate of drug-likeness (QED) is 0.524. The van der Waals surface area contributed by atoms with E-state index in [4.69, 9.17) is 14.2 Å². The summed E-state index contributed by atoms with van der Waals surface area (Å²) in [6.07, 6.45) is 0.836. The lowest BCUT2D eigenvalue weighted by Gasteiger charge is -2.10. The van der Waals surface area contributed by atoms with Gasteiger partial charge < -0.3 is 24.8 Å². The smallest absolute Gasteiger partial charge is 0.234 e. The van der Waals surface area contributed by atoms with Crippen molar-refractivity contribution in [1.82, 2.24) is 10.2 Å². The highest BCUT2D eigenvalue weighted by Gasteiger charge is 2.13. The van der Waals surface area contributed by atoms with Crippen molar-refractivity contribution >= 4 is 45.5 Å². The Morgan fingerprint density at radius 1 is 1.17 bits per heavy atom. The number of ether oxygens (including phenoxy) is 3. The molecule has 1 aliphatic rings. The molecule has 30 heavy (non-hydrogen) atoms. The van der Waals surface area contributed by atoms with Gasteiger partial charge in [0.15, 0.2) is 15.8 Å². The number of hydrogen-bond donors (Lipinski definition) is 2. The zero-order valence-corrected chi connectivity index (χ0v) is 17.8. The summed E-state index contributed by atoms with van der Waals surface area (Å²) >= 11 is 2.70. The number of rotatable bonds is 7. The lowest BCUT2D eigenvalue weighted by atomic mass is 10.2. The van der Waals surface area contributed by atoms with Gasteiger partial charge in [-0.15, -0.1) is 10.2 Å². The topological polar surface area (TPSA) is 94.6 Å². The molecule has 2 aromatic carbocycles. The van der Waals surface area contributed by atoms with E-state index in [9.17, 15) is 4.79 Å². The molecule has 0 saturated heterocycles. The Balaban J connectivity index is 1.31. The summed E-state index contributed by atoms with van der Waals surface area (Å²) in [6.45, 7) is 1.23. The number of carbonyl (C=O) groups excluding carboxylic acids is 1. The highest BCUT2D eigenvalue weighted by atomic mass is 32.2. The summed E-state index contributed by atoms with van der Waals surface area (Å²) in [6, 6.07) is 13.0. The fourth-order valence-corrected chi connectivity index (χ4v) is 4.31. The van der Waals surface area contributed by atoms with Gasteiger partial charge in [-0.3, -0.25) is 4.79 Å². The first-order valence-electron chi connectivity index (χ1n) is 9.27. The van der Waals surface area contributed by atoms with Crippen LogP contribution < -0.4 is 24.8 Å². The molecule has 2 N–H and O–H groups in total. The van der Waals surface area contributed by atoms with Gasteiger partial charge in [0.1, 0.15) is 5.75 Å². The van der Waals surface area contributed by atoms with Crippen molar-refractivity contribution < 1.29 is 19.0 Å². The fraction of sp³-hybridized carbons (Fsp3) is 0.250. The van der Waals surface area contributed by atoms with Gasteiger partial charge in [0.05, 0.1) is 31.8 Å². The second kappa shape index (κ2) is 9.68. The number of carbonyl (C=O) groups is 1. The molecule has 10 heteroatoms. The molecular weight excluding hydrogens is 424 g/mol. The van der Waals surface area contributed by atoms with E-state index < -0.39 is 0 Å². The van der Waals surface area contributed by atoms with E-state index in [1.807, 2.05) is 30.3 Å². The highest BCUT2D eigenvalue weighted by molar-refractivity contribution is 8.01. The molecule has 0 atom stereocenters. The van der Waals surface area contributed by atoms with Crippen LogP contribution in [0.15, 0.2) is 46.8 Å². The highest BCUT2D eigenvalue weighted by Crippen LogP contribution is 2.33. The molecule has 3 aromatic rings. The summed E-state index contributed by atoms with van der Waals surface area (Å²) in [5.74, 6) is 2.15. The average Bonchev–Trinajstić information content (AvgIpc) is 3.07. The molecule has 1 aromatic heterocycles. The van der Waals surface area contributed by atoms with E-state index >= 15 is 0 Å². The van der Waals surface area contributed by atoms with Crippen molar-refractivity contribution in [3.05, 3.63) is 42.5 Å². The number of methoxy groups -OCH3 is 1. The third-order valence-electron chi connectivity index (χ3n) is 4.11. The molecule has 2 heterocycles. The lowest BCUT2D eigenvalue weighted by molar-refractivity contribution is -0.113. The van der Waals surface area contributed by atoms with Gasteiger partial charge in [-0.1, -0.05) is 35.2 Å². The molecular formula is C20H20N4O4S2. The van der Waals surface area contributed by atoms with E-state index in [2.05, 4.69) is 20.8 Å². The molecule has 0 radical (unpaired) electrons. The molecule has 0 spiro atoms. The van der Waals surface area contributed by atoms with Crippen LogP contribution in [0.3, 0.4) is 0 Å². The molecule has 0 bridgehead atoms. The maximum absolute atomic E-state index is 12.3. The van der Waals surface area contributed by atoms with Crippen LogP contribution in [-0.4, -0.2) is 42.2 Å². The van der Waals surface area contributed by atoms with Crippen LogP contribution >= 0.6 is 23.1 Å². The summed E-state index contributed by atoms with van der Waals surface area (Å²) in [7, 11) is 1.61. The number of anilines is 3. The first kappa shape index (κ1) is 20.3. The minimum atomic E-state index is -0.135. The molecule has 0 aliphatic carbocycles. The van der Waals surface area contributed by atoms with Crippen LogP contribution in [0, 0.1) is 0 Å². The Morgan fingerprint density at radius 2 is 2.00 bits per heavy atom. The van der Waals surface area contributed by atoms with E-state index in [0.29, 0.717) is 39.9 Å². The Labute approximate surface area is 182 Å². The molecule has 4 rings (SSSR count). The fourth-order valence-electron chi connectivity index (χ4n) is 2.75. The van der Waals surface area contributed by atoms with E-state index in [1.54, 1.807) is 19.2 Å². The second-order valence-electron chi connectivity index (χ2n) is 6.25. The Bertz CT molecular complexity index is 1030. The van der Waals surface area contributed by atoms with Crippen molar-refractivity contribution in [2.45, 2.75) is 10.8 Å². The third-order valence-corrected chi connectivity index (χ3v) is 6.09. The Hall–Kier alpha value is -2.98. The maximum atomic E-state index is 12.3. The number of amides is 1. The summed E-state index contributed by atoms with van der Waals surface area (Å²) in [5.41, 5.74) is 1.47. The second-order valence-corrected chi connectivity index (χ2v) is 8.45. The van der Waals surface area contributed by atoms with E-state index in [-0.39, 0.29) is 11.7 Å². The number of nitrogens with zero attached hydrogens (tertiary/aromatic N) is 2. The molecule has 156 valence electrons. The van der Waals surface area contributed by atoms with Crippen molar-refractivity contribution in [3.8, 4) is 17.2 Å².